The maximum Gasteiger partial charge on any atom is 0.258 e. The van der Waals surface area contributed by atoms with E-state index in [1.807, 2.05) is 0 Å². The molecular formula is C26H28ClF2N5O3. The van der Waals surface area contributed by atoms with E-state index in [1.54, 1.807) is 29.9 Å². The predicted octanol–water partition coefficient (Wildman–Crippen LogP) is 3.86. The summed E-state index contributed by atoms with van der Waals surface area (Å²) >= 11 is 6.41. The highest BCUT2D eigenvalue weighted by atomic mass is 35.5. The van der Waals surface area contributed by atoms with Crippen molar-refractivity contribution in [1.82, 2.24) is 19.6 Å². The molecule has 0 atom stereocenters. The number of hydrogen-bond donors (Lipinski definition) is 1. The van der Waals surface area contributed by atoms with Gasteiger partial charge in [-0.05, 0) is 49.8 Å². The van der Waals surface area contributed by atoms with Crippen LogP contribution in [-0.4, -0.2) is 77.6 Å². The maximum atomic E-state index is 14.1. The van der Waals surface area contributed by atoms with Crippen LogP contribution in [0, 0.1) is 11.6 Å². The Balaban J connectivity index is 1.49. The van der Waals surface area contributed by atoms with Gasteiger partial charge in [-0.2, -0.15) is 5.10 Å². The van der Waals surface area contributed by atoms with Crippen molar-refractivity contribution in [3.63, 3.8) is 0 Å². The smallest absolute Gasteiger partial charge is 0.258 e. The van der Waals surface area contributed by atoms with Crippen LogP contribution in [0.4, 0.5) is 14.5 Å². The summed E-state index contributed by atoms with van der Waals surface area (Å²) in [5.41, 5.74) is 1.32. The summed E-state index contributed by atoms with van der Waals surface area (Å²) < 4.78 is 35.1. The van der Waals surface area contributed by atoms with Crippen LogP contribution in [0.2, 0.25) is 5.02 Å². The van der Waals surface area contributed by atoms with Crippen LogP contribution in [0.25, 0.3) is 11.3 Å². The molecule has 1 amide bonds. The zero-order chi connectivity index (χ0) is 26.4. The molecule has 37 heavy (non-hydrogen) atoms. The number of nitrogens with zero attached hydrogens (tertiary/aromatic N) is 4. The van der Waals surface area contributed by atoms with Crippen molar-refractivity contribution in [2.75, 3.05) is 51.2 Å². The molecule has 0 radical (unpaired) electrons. The van der Waals surface area contributed by atoms with Gasteiger partial charge in [0.2, 0.25) is 0 Å². The molecule has 2 heterocycles. The number of carbonyl (C=O) groups is 2. The largest absolute Gasteiger partial charge is 0.492 e. The molecule has 2 aromatic carbocycles. The number of rotatable bonds is 9. The lowest BCUT2D eigenvalue weighted by atomic mass is 10.1. The van der Waals surface area contributed by atoms with Gasteiger partial charge in [0.05, 0.1) is 29.0 Å². The van der Waals surface area contributed by atoms with Gasteiger partial charge in [-0.3, -0.25) is 19.3 Å². The minimum atomic E-state index is -0.949. The predicted molar refractivity (Wildman–Crippen MR) is 137 cm³/mol. The number of anilines is 1. The van der Waals surface area contributed by atoms with Crippen molar-refractivity contribution in [3.05, 3.63) is 64.8 Å². The first-order valence-electron chi connectivity index (χ1n) is 11.9. The van der Waals surface area contributed by atoms with Gasteiger partial charge in [-0.1, -0.05) is 11.6 Å². The van der Waals surface area contributed by atoms with E-state index in [0.717, 1.165) is 51.0 Å². The van der Waals surface area contributed by atoms with Gasteiger partial charge in [0.15, 0.2) is 0 Å². The molecule has 3 aromatic rings. The first kappa shape index (κ1) is 26.7. The lowest BCUT2D eigenvalue weighted by molar-refractivity contribution is -0.108. The normalized spacial score (nSPS) is 14.8. The lowest BCUT2D eigenvalue weighted by Gasteiger charge is -2.21. The lowest BCUT2D eigenvalue weighted by Crippen LogP contribution is -2.34. The number of amides is 1. The second-order valence-electron chi connectivity index (χ2n) is 8.76. The van der Waals surface area contributed by atoms with Crippen molar-refractivity contribution in [2.24, 2.45) is 7.05 Å². The van der Waals surface area contributed by atoms with Crippen molar-refractivity contribution >= 4 is 29.5 Å². The highest BCUT2D eigenvalue weighted by Gasteiger charge is 2.19. The van der Waals surface area contributed by atoms with E-state index in [9.17, 15) is 18.4 Å². The van der Waals surface area contributed by atoms with E-state index >= 15 is 0 Å². The second kappa shape index (κ2) is 12.3. The summed E-state index contributed by atoms with van der Waals surface area (Å²) in [7, 11) is 1.74. The van der Waals surface area contributed by atoms with Crippen molar-refractivity contribution < 1.29 is 23.1 Å². The third kappa shape index (κ3) is 6.71. The Hall–Kier alpha value is -3.34. The molecule has 1 aliphatic heterocycles. The van der Waals surface area contributed by atoms with Gasteiger partial charge in [0, 0.05) is 44.0 Å². The van der Waals surface area contributed by atoms with Crippen LogP contribution in [-0.2, 0) is 11.8 Å². The third-order valence-electron chi connectivity index (χ3n) is 6.24. The van der Waals surface area contributed by atoms with E-state index in [4.69, 9.17) is 16.3 Å². The number of aldehydes is 1. The van der Waals surface area contributed by atoms with E-state index in [1.165, 1.54) is 6.20 Å². The van der Waals surface area contributed by atoms with Crippen molar-refractivity contribution in [1.29, 1.82) is 0 Å². The van der Waals surface area contributed by atoms with Crippen LogP contribution in [0.5, 0.6) is 5.75 Å². The summed E-state index contributed by atoms with van der Waals surface area (Å²) in [5.74, 6) is -1.87. The van der Waals surface area contributed by atoms with E-state index in [-0.39, 0.29) is 5.56 Å². The number of carbonyl (C=O) groups excluding carboxylic acids is 2. The topological polar surface area (TPSA) is 79.7 Å². The first-order valence-corrected chi connectivity index (χ1v) is 12.3. The fourth-order valence-corrected chi connectivity index (χ4v) is 4.59. The minimum absolute atomic E-state index is 0.272. The summed E-state index contributed by atoms with van der Waals surface area (Å²) in [6.45, 7) is 5.08. The highest BCUT2D eigenvalue weighted by molar-refractivity contribution is 6.33. The zero-order valence-electron chi connectivity index (χ0n) is 20.4. The summed E-state index contributed by atoms with van der Waals surface area (Å²) in [4.78, 5) is 27.9. The molecule has 1 N–H and O–H groups in total. The molecule has 0 bridgehead atoms. The molecule has 0 saturated carbocycles. The molecule has 4 rings (SSSR count). The first-order chi connectivity index (χ1) is 17.9. The average Bonchev–Trinajstić information content (AvgIpc) is 3.04. The minimum Gasteiger partial charge on any atom is -0.492 e. The molecule has 8 nitrogen and oxygen atoms in total. The van der Waals surface area contributed by atoms with E-state index in [0.29, 0.717) is 53.5 Å². The number of aryl methyl sites for hydroxylation is 1. The average molecular weight is 532 g/mol. The van der Waals surface area contributed by atoms with Crippen LogP contribution in [0.3, 0.4) is 0 Å². The Kier molecular flexibility index (Phi) is 8.86. The highest BCUT2D eigenvalue weighted by Crippen LogP contribution is 2.36. The molecule has 0 spiro atoms. The summed E-state index contributed by atoms with van der Waals surface area (Å²) in [6, 6.07) is 7.82. The number of hydrogen-bond acceptors (Lipinski definition) is 6. The Bertz CT molecular complexity index is 1250. The molecule has 196 valence electrons. The second-order valence-corrected chi connectivity index (χ2v) is 9.17. The summed E-state index contributed by atoms with van der Waals surface area (Å²) in [6.07, 6.45) is 3.43. The number of halogens is 3. The number of nitrogens with one attached hydrogen (secondary N) is 1. The van der Waals surface area contributed by atoms with Crippen LogP contribution < -0.4 is 10.1 Å². The Labute approximate surface area is 218 Å². The summed E-state index contributed by atoms with van der Waals surface area (Å²) in [5, 5.41) is 7.25. The number of aromatic nitrogens is 2. The van der Waals surface area contributed by atoms with Gasteiger partial charge in [0.25, 0.3) is 5.91 Å². The van der Waals surface area contributed by atoms with Gasteiger partial charge < -0.3 is 14.8 Å². The van der Waals surface area contributed by atoms with Crippen molar-refractivity contribution in [3.8, 4) is 17.0 Å². The monoisotopic (exact) mass is 531 g/mol. The molecule has 0 unspecified atom stereocenters. The maximum absolute atomic E-state index is 14.1. The molecular weight excluding hydrogens is 504 g/mol. The van der Waals surface area contributed by atoms with Crippen LogP contribution >= 0.6 is 11.6 Å². The van der Waals surface area contributed by atoms with Gasteiger partial charge in [0.1, 0.15) is 30.3 Å². The molecule has 11 heteroatoms. The number of ether oxygens (including phenoxy) is 1. The third-order valence-corrected chi connectivity index (χ3v) is 6.52. The van der Waals surface area contributed by atoms with E-state index < -0.39 is 17.5 Å². The molecule has 1 fully saturated rings. The van der Waals surface area contributed by atoms with Crippen molar-refractivity contribution in [2.45, 2.75) is 6.42 Å². The van der Waals surface area contributed by atoms with Gasteiger partial charge >= 0.3 is 0 Å². The fourth-order valence-electron chi connectivity index (χ4n) is 4.33. The number of benzene rings is 2. The van der Waals surface area contributed by atoms with E-state index in [2.05, 4.69) is 20.2 Å². The Morgan fingerprint density at radius 1 is 1.14 bits per heavy atom. The van der Waals surface area contributed by atoms with Crippen LogP contribution in [0.1, 0.15) is 16.8 Å². The van der Waals surface area contributed by atoms with Gasteiger partial charge in [-0.15, -0.1) is 0 Å². The molecule has 0 aliphatic carbocycles. The van der Waals surface area contributed by atoms with Gasteiger partial charge in [-0.25, -0.2) is 8.78 Å². The molecule has 1 saturated heterocycles. The SMILES string of the molecule is Cn1ncc(Cl)c1-c1cc(NC(=O)c2ccc(F)cc2F)ccc1OCCN1CCCN(CC=O)CC1. The standard InChI is InChI=1S/C26H28ClF2N5O3/c1-32-25(22(27)17-30-32)21-16-19(31-26(36)20-5-3-18(28)15-23(20)29)4-6-24(21)37-14-12-34-8-2-7-33(9-10-34)11-13-35/h3-6,13,15-17H,2,7-12,14H2,1H3,(H,31,36). The quantitative estimate of drug-likeness (QED) is 0.422. The zero-order valence-corrected chi connectivity index (χ0v) is 21.2. The fraction of sp³-hybridized carbons (Fsp3) is 0.346. The molecule has 1 aliphatic rings. The Morgan fingerprint density at radius 2 is 1.92 bits per heavy atom. The van der Waals surface area contributed by atoms with Crippen LogP contribution in [0.15, 0.2) is 42.6 Å². The Morgan fingerprint density at radius 3 is 2.65 bits per heavy atom. The molecule has 1 aromatic heterocycles.